The fourth-order valence-electron chi connectivity index (χ4n) is 9.93. The minimum absolute atomic E-state index is 0.00897. The van der Waals surface area contributed by atoms with Gasteiger partial charge in [-0.3, -0.25) is 14.4 Å². The topological polar surface area (TPSA) is 240 Å². The molecular weight excluding hydrogens is 869 g/mol. The number of piperidine rings is 1. The molecule has 3 N–H and O–H groups in total. The number of ketones is 2. The molecule has 3 aliphatic heterocycles. The van der Waals surface area contributed by atoms with E-state index < -0.39 is 106 Å². The van der Waals surface area contributed by atoms with Crippen LogP contribution in [0, 0.1) is 29.6 Å². The van der Waals surface area contributed by atoms with Crippen LogP contribution in [0.4, 0.5) is 4.79 Å². The lowest BCUT2D eigenvalue weighted by Crippen LogP contribution is -2.64. The maximum Gasteiger partial charge on any atom is 0.422 e. The Kier molecular flexibility index (Phi) is 20.2. The summed E-state index contributed by atoms with van der Waals surface area (Å²) < 4.78 is 66.8. The fraction of sp³-hybridized carbons (Fsp3) is 0.804. The molecule has 0 unspecified atom stereocenters. The van der Waals surface area contributed by atoms with Crippen LogP contribution in [0.25, 0.3) is 0 Å². The number of carbonyl (C=O) groups is 5. The van der Waals surface area contributed by atoms with Crippen molar-refractivity contribution < 1.29 is 75.2 Å². The molecule has 2 bridgehead atoms. The SMILES string of the molecule is CCOC(=O)NS(=O)(=O)O[C@@H]1CC[C@@H](/C=C(\C)[C@H]2OC(=O)[C@@H]3CCCCN3C(=O)C(=O)[C@]3(O)O[C@H]([C@@H](OC)C[C@@H](C)CC(C)=C[C@@H](CC)C(=O)C[C@H](O)[C@H]2C)[C@@H](OC)C[C@H]3C)C[C@H]1OC. The van der Waals surface area contributed by atoms with Crippen molar-refractivity contribution in [2.24, 2.45) is 29.6 Å². The number of fused-ring (bicyclic) bond motifs is 3. The Morgan fingerprint density at radius 2 is 1.60 bits per heavy atom. The third-order valence-electron chi connectivity index (χ3n) is 13.6. The van der Waals surface area contributed by atoms with Crippen LogP contribution < -0.4 is 4.72 Å². The first kappa shape index (κ1) is 54.3. The molecule has 0 radical (unpaired) electrons. The minimum Gasteiger partial charge on any atom is -0.456 e. The van der Waals surface area contributed by atoms with E-state index in [0.717, 1.165) is 10.5 Å². The van der Waals surface area contributed by atoms with Crippen LogP contribution in [-0.4, -0.2) is 142 Å². The molecule has 18 nitrogen and oxygen atoms in total. The molecule has 1 aliphatic carbocycles. The van der Waals surface area contributed by atoms with Gasteiger partial charge in [-0.15, -0.1) is 0 Å². The average molecular weight is 943 g/mol. The molecule has 0 aromatic rings. The zero-order valence-corrected chi connectivity index (χ0v) is 40.6. The lowest BCUT2D eigenvalue weighted by atomic mass is 9.81. The van der Waals surface area contributed by atoms with Gasteiger partial charge in [-0.25, -0.2) is 13.8 Å². The van der Waals surface area contributed by atoms with Gasteiger partial charge in [0.15, 0.2) is 0 Å². The third-order valence-corrected chi connectivity index (χ3v) is 14.5. The van der Waals surface area contributed by atoms with Gasteiger partial charge in [0.2, 0.25) is 5.79 Å². The maximum atomic E-state index is 14.4. The van der Waals surface area contributed by atoms with Crippen LogP contribution in [0.15, 0.2) is 23.3 Å². The number of cyclic esters (lactones) is 1. The van der Waals surface area contributed by atoms with E-state index in [2.05, 4.69) is 4.74 Å². The van der Waals surface area contributed by atoms with E-state index in [1.807, 2.05) is 32.9 Å². The van der Waals surface area contributed by atoms with E-state index in [9.17, 15) is 42.6 Å². The molecule has 2 amide bonds. The maximum absolute atomic E-state index is 14.4. The molecule has 0 aromatic heterocycles. The fourth-order valence-corrected chi connectivity index (χ4v) is 10.8. The van der Waals surface area contributed by atoms with E-state index >= 15 is 0 Å². The summed E-state index contributed by atoms with van der Waals surface area (Å²) in [6, 6.07) is -1.22. The quantitative estimate of drug-likeness (QED) is 0.155. The summed E-state index contributed by atoms with van der Waals surface area (Å²) in [4.78, 5) is 69.9. The van der Waals surface area contributed by atoms with Gasteiger partial charge in [-0.1, -0.05) is 45.4 Å². The van der Waals surface area contributed by atoms with Crippen LogP contribution in [0.3, 0.4) is 0 Å². The number of aliphatic hydroxyl groups excluding tert-OH is 1. The van der Waals surface area contributed by atoms with Crippen molar-refractivity contribution in [2.45, 2.75) is 174 Å². The number of Topliss-reactive ketones (excluding diaryl/α,β-unsaturated/α-hetero) is 2. The van der Waals surface area contributed by atoms with Gasteiger partial charge < -0.3 is 43.5 Å². The van der Waals surface area contributed by atoms with Gasteiger partial charge in [0, 0.05) is 52.0 Å². The lowest BCUT2D eigenvalue weighted by molar-refractivity contribution is -0.302. The van der Waals surface area contributed by atoms with E-state index in [1.165, 1.54) is 28.3 Å². The van der Waals surface area contributed by atoms with Gasteiger partial charge >= 0.3 is 22.4 Å². The zero-order valence-electron chi connectivity index (χ0n) is 39.8. The molecule has 3 heterocycles. The number of hydrogen-bond donors (Lipinski definition) is 3. The largest absolute Gasteiger partial charge is 0.456 e. The highest BCUT2D eigenvalue weighted by Crippen LogP contribution is 2.39. The second-order valence-corrected chi connectivity index (χ2v) is 19.8. The number of carbonyl (C=O) groups excluding carboxylic acids is 5. The Morgan fingerprint density at radius 3 is 2.23 bits per heavy atom. The molecule has 3 fully saturated rings. The number of aliphatic hydroxyl groups is 2. The average Bonchev–Trinajstić information content (AvgIpc) is 3.26. The molecule has 0 aromatic carbocycles. The van der Waals surface area contributed by atoms with Gasteiger partial charge in [0.1, 0.15) is 30.1 Å². The Hall–Kier alpha value is -3.30. The van der Waals surface area contributed by atoms with Crippen molar-refractivity contribution >= 4 is 39.8 Å². The van der Waals surface area contributed by atoms with Gasteiger partial charge in [0.05, 0.1) is 31.0 Å². The Balaban J connectivity index is 1.72. The van der Waals surface area contributed by atoms with Crippen LogP contribution >= 0.6 is 0 Å². The van der Waals surface area contributed by atoms with Crippen molar-refractivity contribution in [2.75, 3.05) is 34.5 Å². The highest BCUT2D eigenvalue weighted by Gasteiger charge is 2.56. The van der Waals surface area contributed by atoms with E-state index in [4.69, 9.17) is 27.9 Å². The number of nitrogens with zero attached hydrogens (tertiary/aromatic N) is 1. The first-order chi connectivity index (χ1) is 30.6. The summed E-state index contributed by atoms with van der Waals surface area (Å²) >= 11 is 0. The van der Waals surface area contributed by atoms with Gasteiger partial charge in [-0.05, 0) is 102 Å². The Morgan fingerprint density at radius 1 is 0.938 bits per heavy atom. The summed E-state index contributed by atoms with van der Waals surface area (Å²) in [6.45, 7) is 12.4. The summed E-state index contributed by atoms with van der Waals surface area (Å²) in [5.41, 5.74) is 1.47. The van der Waals surface area contributed by atoms with Crippen LogP contribution in [0.2, 0.25) is 0 Å². The second kappa shape index (κ2) is 24.1. The van der Waals surface area contributed by atoms with Gasteiger partial charge in [-0.2, -0.15) is 13.1 Å². The highest BCUT2D eigenvalue weighted by atomic mass is 32.2. The number of methoxy groups -OCH3 is 3. The number of amides is 2. The van der Waals surface area contributed by atoms with E-state index in [-0.39, 0.29) is 62.9 Å². The number of rotatable bonds is 10. The summed E-state index contributed by atoms with van der Waals surface area (Å²) in [5.74, 6) is -8.35. The molecule has 4 aliphatic rings. The van der Waals surface area contributed by atoms with Crippen molar-refractivity contribution in [1.29, 1.82) is 0 Å². The van der Waals surface area contributed by atoms with Crippen molar-refractivity contribution in [3.63, 3.8) is 0 Å². The first-order valence-electron chi connectivity index (χ1n) is 23.1. The molecule has 65 heavy (non-hydrogen) atoms. The van der Waals surface area contributed by atoms with Gasteiger partial charge in [0.25, 0.3) is 11.7 Å². The molecule has 370 valence electrons. The number of esters is 1. The smallest absolute Gasteiger partial charge is 0.422 e. The molecule has 1 saturated carbocycles. The number of nitrogens with one attached hydrogen (secondary N) is 1. The minimum atomic E-state index is -4.53. The lowest BCUT2D eigenvalue weighted by Gasteiger charge is -2.47. The first-order valence-corrected chi connectivity index (χ1v) is 24.5. The predicted molar refractivity (Wildman–Crippen MR) is 236 cm³/mol. The molecular formula is C46H74N2O16S. The molecule has 14 atom stereocenters. The summed E-state index contributed by atoms with van der Waals surface area (Å²) in [6.07, 6.45) is -0.0717. The summed E-state index contributed by atoms with van der Waals surface area (Å²) in [5, 5.41) is 23.9. The van der Waals surface area contributed by atoms with Crippen molar-refractivity contribution in [3.8, 4) is 0 Å². The van der Waals surface area contributed by atoms with Crippen LogP contribution in [0.1, 0.15) is 119 Å². The van der Waals surface area contributed by atoms with E-state index in [1.54, 1.807) is 25.5 Å². The summed E-state index contributed by atoms with van der Waals surface area (Å²) in [7, 11) is -0.0999. The standard InChI is InChI=1S/C46H74N2O16S/c1-11-32-20-26(3)19-27(4)21-38(59-9)41-39(60-10)23-29(6)46(55,63-41)42(51)43(52)48-18-14-13-15-33(48)44(53)62-40(30(7)34(49)25-35(32)50)28(5)22-31-16-17-36(37(24-31)58-8)64-65(56,57)47-45(54)61-12-2/h20,22,27,29-34,36-41,49,55H,11-19,21,23-25H2,1-10H3,(H,47,54)/b26-20?,28-22+/t27-,29+,30+,31-,32+,33-,34-,36+,37+,38-,39-,40+,41+,46+/m0/s1. The number of hydrogen-bond acceptors (Lipinski definition) is 16. The van der Waals surface area contributed by atoms with Crippen molar-refractivity contribution in [1.82, 2.24) is 9.62 Å². The number of allylic oxidation sites excluding steroid dienone is 3. The van der Waals surface area contributed by atoms with Crippen LogP contribution in [-0.2, 0) is 62.1 Å². The Labute approximate surface area is 384 Å². The predicted octanol–water partition coefficient (Wildman–Crippen LogP) is 4.49. The van der Waals surface area contributed by atoms with E-state index in [0.29, 0.717) is 44.1 Å². The monoisotopic (exact) mass is 942 g/mol. The zero-order chi connectivity index (χ0) is 48.4. The second-order valence-electron chi connectivity index (χ2n) is 18.5. The third kappa shape index (κ3) is 13.9. The molecule has 0 spiro atoms. The number of ether oxygens (including phenoxy) is 6. The molecule has 2 saturated heterocycles. The highest BCUT2D eigenvalue weighted by molar-refractivity contribution is 7.85. The van der Waals surface area contributed by atoms with Crippen molar-refractivity contribution in [3.05, 3.63) is 23.3 Å². The molecule has 4 rings (SSSR count). The Bertz CT molecular complexity index is 1840. The normalized spacial score (nSPS) is 36.7. The molecule has 19 heteroatoms. The van der Waals surface area contributed by atoms with Crippen LogP contribution in [0.5, 0.6) is 0 Å².